The van der Waals surface area contributed by atoms with E-state index in [0.29, 0.717) is 16.8 Å². The molecule has 24 heavy (non-hydrogen) atoms. The monoisotopic (exact) mass is 348 g/mol. The Kier molecular flexibility index (Phi) is 6.76. The van der Waals surface area contributed by atoms with E-state index in [9.17, 15) is 4.79 Å². The third kappa shape index (κ3) is 6.14. The van der Waals surface area contributed by atoms with Crippen molar-refractivity contribution >= 4 is 17.7 Å². The maximum atomic E-state index is 12.6. The number of carbonyl (C=O) groups excluding carboxylic acids is 1. The molecule has 1 aliphatic heterocycles. The third-order valence-corrected chi connectivity index (χ3v) is 5.90. The topological polar surface area (TPSA) is 32.3 Å². The van der Waals surface area contributed by atoms with Crippen molar-refractivity contribution in [3.05, 3.63) is 35.4 Å². The minimum absolute atomic E-state index is 0.171. The predicted molar refractivity (Wildman–Crippen MR) is 105 cm³/mol. The van der Waals surface area contributed by atoms with E-state index < -0.39 is 0 Å². The highest BCUT2D eigenvalue weighted by Crippen LogP contribution is 2.24. The van der Waals surface area contributed by atoms with Gasteiger partial charge in [-0.1, -0.05) is 38.5 Å². The van der Waals surface area contributed by atoms with Crippen molar-refractivity contribution in [2.45, 2.75) is 64.3 Å². The number of hydrogen-bond acceptors (Lipinski definition) is 3. The van der Waals surface area contributed by atoms with Crippen LogP contribution < -0.4 is 5.32 Å². The summed E-state index contributed by atoms with van der Waals surface area (Å²) in [5, 5.41) is 3.74. The number of rotatable bonds is 5. The van der Waals surface area contributed by atoms with Crippen molar-refractivity contribution in [1.82, 2.24) is 10.2 Å². The van der Waals surface area contributed by atoms with E-state index in [4.69, 9.17) is 0 Å². The van der Waals surface area contributed by atoms with Crippen LogP contribution in [0.5, 0.6) is 0 Å². The van der Waals surface area contributed by atoms with Gasteiger partial charge in [0.1, 0.15) is 0 Å². The van der Waals surface area contributed by atoms with Crippen LogP contribution in [0.15, 0.2) is 24.3 Å². The second-order valence-corrected chi connectivity index (χ2v) is 9.77. The highest BCUT2D eigenvalue weighted by Gasteiger charge is 2.24. The number of amides is 1. The van der Waals surface area contributed by atoms with Crippen LogP contribution in [-0.4, -0.2) is 46.5 Å². The number of piperidine rings is 1. The van der Waals surface area contributed by atoms with E-state index in [-0.39, 0.29) is 5.91 Å². The first kappa shape index (κ1) is 19.3. The summed E-state index contributed by atoms with van der Waals surface area (Å²) in [6, 6.07) is 8.94. The van der Waals surface area contributed by atoms with Gasteiger partial charge in [0.05, 0.1) is 0 Å². The van der Waals surface area contributed by atoms with E-state index in [1.54, 1.807) is 0 Å². The molecule has 1 N–H and O–H groups in total. The average Bonchev–Trinajstić information content (AvgIpc) is 2.53. The lowest BCUT2D eigenvalue weighted by atomic mass is 10.0. The normalized spacial score (nSPS) is 17.8. The molecule has 2 rings (SSSR count). The predicted octanol–water partition coefficient (Wildman–Crippen LogP) is 4.11. The third-order valence-electron chi connectivity index (χ3n) is 4.37. The molecule has 0 bridgehead atoms. The molecule has 0 unspecified atom stereocenters. The number of thioether (sulfide) groups is 1. The van der Waals surface area contributed by atoms with Crippen molar-refractivity contribution in [1.29, 1.82) is 0 Å². The van der Waals surface area contributed by atoms with Gasteiger partial charge in [-0.3, -0.25) is 4.79 Å². The summed E-state index contributed by atoms with van der Waals surface area (Å²) in [5.41, 5.74) is 2.00. The van der Waals surface area contributed by atoms with Crippen LogP contribution in [0.3, 0.4) is 0 Å². The van der Waals surface area contributed by atoms with Crippen LogP contribution >= 0.6 is 11.8 Å². The van der Waals surface area contributed by atoms with Crippen molar-refractivity contribution in [3.8, 4) is 0 Å². The van der Waals surface area contributed by atoms with Gasteiger partial charge >= 0.3 is 0 Å². The fraction of sp³-hybridized carbons (Fsp3) is 0.650. The van der Waals surface area contributed by atoms with E-state index >= 15 is 0 Å². The smallest absolute Gasteiger partial charge is 0.253 e. The Morgan fingerprint density at radius 3 is 2.38 bits per heavy atom. The maximum absolute atomic E-state index is 12.6. The molecule has 1 atom stereocenters. The van der Waals surface area contributed by atoms with Crippen molar-refractivity contribution < 1.29 is 4.79 Å². The first-order valence-electron chi connectivity index (χ1n) is 9.00. The van der Waals surface area contributed by atoms with Crippen molar-refractivity contribution in [2.24, 2.45) is 0 Å². The lowest BCUT2D eigenvalue weighted by Crippen LogP contribution is -2.47. The summed E-state index contributed by atoms with van der Waals surface area (Å²) in [5.74, 6) is 1.30. The van der Waals surface area contributed by atoms with Gasteiger partial charge in [-0.15, -0.1) is 0 Å². The summed E-state index contributed by atoms with van der Waals surface area (Å²) >= 11 is 2.01. The molecule has 1 heterocycles. The Hall–Kier alpha value is -1.00. The Morgan fingerprint density at radius 2 is 1.83 bits per heavy atom. The lowest BCUT2D eigenvalue weighted by Gasteiger charge is -2.34. The van der Waals surface area contributed by atoms with Crippen LogP contribution in [0.2, 0.25) is 0 Å². The zero-order valence-corrected chi connectivity index (χ0v) is 16.6. The van der Waals surface area contributed by atoms with Gasteiger partial charge in [0, 0.05) is 41.2 Å². The van der Waals surface area contributed by atoms with Gasteiger partial charge < -0.3 is 10.2 Å². The summed E-state index contributed by atoms with van der Waals surface area (Å²) in [6.07, 6.45) is 2.09. The zero-order chi connectivity index (χ0) is 17.7. The summed E-state index contributed by atoms with van der Waals surface area (Å²) in [6.45, 7) is 12.8. The number of carbonyl (C=O) groups is 1. The number of likely N-dealkylation sites (tertiary alicyclic amines) is 1. The highest BCUT2D eigenvalue weighted by atomic mass is 32.2. The Morgan fingerprint density at radius 1 is 1.25 bits per heavy atom. The van der Waals surface area contributed by atoms with Crippen molar-refractivity contribution in [3.63, 3.8) is 0 Å². The number of aryl methyl sites for hydroxylation is 1. The number of nitrogens with one attached hydrogen (secondary N) is 1. The highest BCUT2D eigenvalue weighted by molar-refractivity contribution is 8.00. The van der Waals surface area contributed by atoms with Crippen LogP contribution in [0.4, 0.5) is 0 Å². The Labute approximate surface area is 151 Å². The molecule has 1 aromatic carbocycles. The minimum Gasteiger partial charge on any atom is -0.339 e. The molecule has 3 nitrogen and oxygen atoms in total. The minimum atomic E-state index is 0.171. The van der Waals surface area contributed by atoms with Gasteiger partial charge in [-0.05, 0) is 38.8 Å². The molecule has 1 fully saturated rings. The largest absolute Gasteiger partial charge is 0.339 e. The number of hydrogen-bond donors (Lipinski definition) is 1. The fourth-order valence-corrected chi connectivity index (χ4v) is 3.80. The molecule has 0 aliphatic carbocycles. The van der Waals surface area contributed by atoms with Crippen molar-refractivity contribution in [2.75, 3.05) is 18.8 Å². The molecule has 0 saturated carbocycles. The van der Waals surface area contributed by atoms with E-state index in [2.05, 4.69) is 33.0 Å². The van der Waals surface area contributed by atoms with E-state index in [0.717, 1.165) is 37.2 Å². The van der Waals surface area contributed by atoms with Gasteiger partial charge in [0.15, 0.2) is 0 Å². The quantitative estimate of drug-likeness (QED) is 0.869. The second-order valence-electron chi connectivity index (χ2n) is 7.92. The molecule has 0 radical (unpaired) electrons. The van der Waals surface area contributed by atoms with Gasteiger partial charge in [-0.2, -0.15) is 11.8 Å². The molecular formula is C20H32N2OS. The summed E-state index contributed by atoms with van der Waals surface area (Å²) < 4.78 is 0.319. The lowest BCUT2D eigenvalue weighted by molar-refractivity contribution is 0.0703. The fourth-order valence-electron chi connectivity index (χ4n) is 2.95. The molecule has 1 aliphatic rings. The zero-order valence-electron chi connectivity index (χ0n) is 15.8. The van der Waals surface area contributed by atoms with Gasteiger partial charge in [-0.25, -0.2) is 0 Å². The molecule has 1 aromatic rings. The van der Waals surface area contributed by atoms with Gasteiger partial charge in [0.2, 0.25) is 0 Å². The second kappa shape index (κ2) is 8.39. The van der Waals surface area contributed by atoms with Crippen LogP contribution in [-0.2, 0) is 0 Å². The van der Waals surface area contributed by atoms with E-state index in [1.807, 2.05) is 47.9 Å². The average molecular weight is 349 g/mol. The Bertz CT molecular complexity index is 528. The van der Waals surface area contributed by atoms with Crippen LogP contribution in [0.25, 0.3) is 0 Å². The SMILES string of the molecule is Cc1ccc(C(=O)N2CCC(N[C@@H](C)CSC(C)(C)C)CC2)cc1. The molecule has 1 amide bonds. The maximum Gasteiger partial charge on any atom is 0.253 e. The van der Waals surface area contributed by atoms with E-state index in [1.165, 1.54) is 5.56 Å². The van der Waals surface area contributed by atoms with Gasteiger partial charge in [0.25, 0.3) is 5.91 Å². The number of benzene rings is 1. The molecular weight excluding hydrogens is 316 g/mol. The first-order chi connectivity index (χ1) is 11.2. The standard InChI is InChI=1S/C20H32N2OS/c1-15-6-8-17(9-7-15)19(23)22-12-10-18(11-13-22)21-16(2)14-24-20(3,4)5/h6-9,16,18,21H,10-14H2,1-5H3/t16-/m0/s1. The van der Waals surface area contributed by atoms with Crippen LogP contribution in [0, 0.1) is 6.92 Å². The molecule has 134 valence electrons. The molecule has 4 heteroatoms. The summed E-state index contributed by atoms with van der Waals surface area (Å²) in [4.78, 5) is 14.6. The molecule has 0 spiro atoms. The first-order valence-corrected chi connectivity index (χ1v) is 9.99. The molecule has 0 aromatic heterocycles. The Balaban J connectivity index is 1.76. The molecule has 1 saturated heterocycles. The van der Waals surface area contributed by atoms with Crippen LogP contribution in [0.1, 0.15) is 56.5 Å². The summed E-state index contributed by atoms with van der Waals surface area (Å²) in [7, 11) is 0. The number of nitrogens with zero attached hydrogens (tertiary/aromatic N) is 1.